The van der Waals surface area contributed by atoms with Gasteiger partial charge >= 0.3 is 0 Å². The van der Waals surface area contributed by atoms with Gasteiger partial charge in [0.15, 0.2) is 10.8 Å². The molecule has 0 saturated carbocycles. The lowest BCUT2D eigenvalue weighted by atomic mass is 10.1. The van der Waals surface area contributed by atoms with E-state index in [1.807, 2.05) is 4.90 Å². The number of hydrogen-bond donors (Lipinski definition) is 0. The number of carbonyl (C=O) groups is 1. The first kappa shape index (κ1) is 16.9. The molecule has 0 saturated heterocycles. The first-order valence-corrected chi connectivity index (χ1v) is 7.56. The minimum absolute atomic E-state index is 0.0598. The van der Waals surface area contributed by atoms with E-state index in [1.165, 1.54) is 0 Å². The van der Waals surface area contributed by atoms with E-state index in [4.69, 9.17) is 11.6 Å². The quantitative estimate of drug-likeness (QED) is 0.771. The summed E-state index contributed by atoms with van der Waals surface area (Å²) in [5.74, 6) is 1.08. The van der Waals surface area contributed by atoms with Crippen molar-refractivity contribution >= 4 is 17.5 Å². The largest absolute Gasteiger partial charge is 0.337 e. The Balaban J connectivity index is 2.74. The average Bonchev–Trinajstić information content (AvgIpc) is 2.38. The van der Waals surface area contributed by atoms with Crippen LogP contribution in [0.3, 0.4) is 0 Å². The third kappa shape index (κ3) is 5.87. The van der Waals surface area contributed by atoms with E-state index in [-0.39, 0.29) is 5.91 Å². The Morgan fingerprint density at radius 1 is 1.10 bits per heavy atom. The number of hydrogen-bond acceptors (Lipinski definition) is 3. The van der Waals surface area contributed by atoms with Gasteiger partial charge in [0.1, 0.15) is 0 Å². The molecule has 1 heterocycles. The normalized spacial score (nSPS) is 11.2. The minimum atomic E-state index is -0.0598. The molecule has 1 amide bonds. The third-order valence-corrected chi connectivity index (χ3v) is 3.29. The molecule has 1 rings (SSSR count). The Kier molecular flexibility index (Phi) is 6.93. The second-order valence-electron chi connectivity index (χ2n) is 5.90. The molecule has 4 nitrogen and oxygen atoms in total. The van der Waals surface area contributed by atoms with Crippen molar-refractivity contribution in [2.24, 2.45) is 11.8 Å². The maximum Gasteiger partial charge on any atom is 0.274 e. The molecule has 0 spiro atoms. The molecule has 0 aliphatic heterocycles. The maximum absolute atomic E-state index is 12.5. The summed E-state index contributed by atoms with van der Waals surface area (Å²) >= 11 is 5.70. The van der Waals surface area contributed by atoms with Crippen molar-refractivity contribution in [2.45, 2.75) is 40.5 Å². The van der Waals surface area contributed by atoms with Crippen LogP contribution in [0.15, 0.2) is 12.1 Å². The third-order valence-electron chi connectivity index (χ3n) is 3.09. The predicted octanol–water partition coefficient (Wildman–Crippen LogP) is 3.66. The van der Waals surface area contributed by atoms with Crippen LogP contribution in [0.1, 0.15) is 51.0 Å². The number of halogens is 1. The fraction of sp³-hybridized carbons (Fsp3) is 0.667. The van der Waals surface area contributed by atoms with E-state index in [0.717, 1.165) is 25.9 Å². The van der Waals surface area contributed by atoms with Gasteiger partial charge < -0.3 is 4.90 Å². The van der Waals surface area contributed by atoms with Crippen molar-refractivity contribution in [1.82, 2.24) is 15.1 Å². The van der Waals surface area contributed by atoms with Crippen LogP contribution in [0.2, 0.25) is 5.15 Å². The first-order valence-electron chi connectivity index (χ1n) is 7.18. The fourth-order valence-corrected chi connectivity index (χ4v) is 1.84. The minimum Gasteiger partial charge on any atom is -0.337 e. The highest BCUT2D eigenvalue weighted by molar-refractivity contribution is 6.29. The van der Waals surface area contributed by atoms with Gasteiger partial charge in [-0.3, -0.25) is 4.79 Å². The molecule has 0 atom stereocenters. The highest BCUT2D eigenvalue weighted by atomic mass is 35.5. The Morgan fingerprint density at radius 3 is 2.05 bits per heavy atom. The summed E-state index contributed by atoms with van der Waals surface area (Å²) in [6.07, 6.45) is 1.98. The van der Waals surface area contributed by atoms with E-state index in [2.05, 4.69) is 37.9 Å². The number of amides is 1. The molecule has 0 radical (unpaired) electrons. The summed E-state index contributed by atoms with van der Waals surface area (Å²) in [7, 11) is 0. The molecule has 0 aromatic carbocycles. The molecule has 0 aliphatic rings. The van der Waals surface area contributed by atoms with Crippen LogP contribution < -0.4 is 0 Å². The molecule has 0 aliphatic carbocycles. The summed E-state index contributed by atoms with van der Waals surface area (Å²) < 4.78 is 0. The molecule has 1 aromatic rings. The molecular weight excluding hydrogens is 274 g/mol. The monoisotopic (exact) mass is 297 g/mol. The van der Waals surface area contributed by atoms with E-state index in [0.29, 0.717) is 22.7 Å². The maximum atomic E-state index is 12.5. The molecule has 0 fully saturated rings. The van der Waals surface area contributed by atoms with E-state index in [9.17, 15) is 4.79 Å². The first-order chi connectivity index (χ1) is 9.40. The van der Waals surface area contributed by atoms with Gasteiger partial charge in [0.25, 0.3) is 5.91 Å². The van der Waals surface area contributed by atoms with Crippen LogP contribution in [-0.4, -0.2) is 34.1 Å². The second kappa shape index (κ2) is 8.20. The van der Waals surface area contributed by atoms with Crippen molar-refractivity contribution < 1.29 is 4.79 Å². The zero-order valence-electron chi connectivity index (χ0n) is 12.8. The van der Waals surface area contributed by atoms with Crippen LogP contribution in [0.4, 0.5) is 0 Å². The molecule has 20 heavy (non-hydrogen) atoms. The predicted molar refractivity (Wildman–Crippen MR) is 81.9 cm³/mol. The number of aromatic nitrogens is 2. The topological polar surface area (TPSA) is 46.1 Å². The van der Waals surface area contributed by atoms with Gasteiger partial charge in [-0.1, -0.05) is 39.3 Å². The van der Waals surface area contributed by atoms with Crippen LogP contribution in [-0.2, 0) is 0 Å². The van der Waals surface area contributed by atoms with Crippen LogP contribution >= 0.6 is 11.6 Å². The summed E-state index contributed by atoms with van der Waals surface area (Å²) in [5, 5.41) is 7.92. The van der Waals surface area contributed by atoms with E-state index >= 15 is 0 Å². The molecule has 112 valence electrons. The average molecular weight is 298 g/mol. The standard InChI is InChI=1S/C15H24ClN3O/c1-11(2)7-9-19(10-8-12(3)4)15(20)13-5-6-14(16)18-17-13/h5-6,11-12H,7-10H2,1-4H3. The van der Waals surface area contributed by atoms with E-state index < -0.39 is 0 Å². The molecule has 1 aromatic heterocycles. The van der Waals surface area contributed by atoms with Gasteiger partial charge in [0.05, 0.1) is 0 Å². The lowest BCUT2D eigenvalue weighted by Crippen LogP contribution is -2.34. The fourth-order valence-electron chi connectivity index (χ4n) is 1.74. The van der Waals surface area contributed by atoms with Crippen molar-refractivity contribution in [3.05, 3.63) is 23.0 Å². The Morgan fingerprint density at radius 2 is 1.65 bits per heavy atom. The van der Waals surface area contributed by atoms with Crippen molar-refractivity contribution in [1.29, 1.82) is 0 Å². The molecule has 5 heteroatoms. The molecule has 0 N–H and O–H groups in total. The van der Waals surface area contributed by atoms with Gasteiger partial charge in [-0.2, -0.15) is 0 Å². The zero-order valence-corrected chi connectivity index (χ0v) is 13.5. The van der Waals surface area contributed by atoms with Crippen LogP contribution in [0.5, 0.6) is 0 Å². The smallest absolute Gasteiger partial charge is 0.274 e. The van der Waals surface area contributed by atoms with Crippen LogP contribution in [0, 0.1) is 11.8 Å². The summed E-state index contributed by atoms with van der Waals surface area (Å²) in [4.78, 5) is 14.3. The number of rotatable bonds is 7. The molecule has 0 bridgehead atoms. The lowest BCUT2D eigenvalue weighted by molar-refractivity contribution is 0.0733. The Hall–Kier alpha value is -1.16. The lowest BCUT2D eigenvalue weighted by Gasteiger charge is -2.24. The van der Waals surface area contributed by atoms with E-state index in [1.54, 1.807) is 12.1 Å². The SMILES string of the molecule is CC(C)CCN(CCC(C)C)C(=O)c1ccc(Cl)nn1. The number of nitrogens with zero attached hydrogens (tertiary/aromatic N) is 3. The second-order valence-corrected chi connectivity index (χ2v) is 6.29. The summed E-state index contributed by atoms with van der Waals surface area (Å²) in [6.45, 7) is 10.2. The van der Waals surface area contributed by atoms with Crippen molar-refractivity contribution in [3.63, 3.8) is 0 Å². The van der Waals surface area contributed by atoms with Gasteiger partial charge in [-0.25, -0.2) is 0 Å². The van der Waals surface area contributed by atoms with Gasteiger partial charge in [-0.15, -0.1) is 10.2 Å². The van der Waals surface area contributed by atoms with Crippen molar-refractivity contribution in [2.75, 3.05) is 13.1 Å². The molecular formula is C15H24ClN3O. The Bertz CT molecular complexity index is 406. The van der Waals surface area contributed by atoms with Gasteiger partial charge in [-0.05, 0) is 36.8 Å². The van der Waals surface area contributed by atoms with Gasteiger partial charge in [0.2, 0.25) is 0 Å². The zero-order chi connectivity index (χ0) is 15.1. The molecule has 0 unspecified atom stereocenters. The highest BCUT2D eigenvalue weighted by Crippen LogP contribution is 2.11. The Labute approximate surface area is 126 Å². The van der Waals surface area contributed by atoms with Gasteiger partial charge in [0, 0.05) is 13.1 Å². The van der Waals surface area contributed by atoms with Crippen molar-refractivity contribution in [3.8, 4) is 0 Å². The van der Waals surface area contributed by atoms with Crippen LogP contribution in [0.25, 0.3) is 0 Å². The summed E-state index contributed by atoms with van der Waals surface area (Å²) in [5.41, 5.74) is 0.363. The highest BCUT2D eigenvalue weighted by Gasteiger charge is 2.18. The number of carbonyl (C=O) groups excluding carboxylic acids is 1. The summed E-state index contributed by atoms with van der Waals surface area (Å²) in [6, 6.07) is 3.24.